The molecule has 0 aliphatic rings. The van der Waals surface area contributed by atoms with Gasteiger partial charge in [0.1, 0.15) is 6.61 Å². The highest BCUT2D eigenvalue weighted by Gasteiger charge is 2.26. The minimum atomic E-state index is -0.726. The van der Waals surface area contributed by atoms with Crippen LogP contribution in [0.5, 0.6) is 0 Å². The highest BCUT2D eigenvalue weighted by Crippen LogP contribution is 2.26. The van der Waals surface area contributed by atoms with Gasteiger partial charge in [-0.15, -0.1) is 0 Å². The Morgan fingerprint density at radius 3 is 2.00 bits per heavy atom. The van der Waals surface area contributed by atoms with Crippen molar-refractivity contribution in [3.8, 4) is 0 Å². The minimum absolute atomic E-state index is 0.0356. The molecule has 0 N–H and O–H groups in total. The van der Waals surface area contributed by atoms with Gasteiger partial charge in [0.25, 0.3) is 0 Å². The second-order valence-electron chi connectivity index (χ2n) is 5.87. The van der Waals surface area contributed by atoms with E-state index in [2.05, 4.69) is 4.74 Å². The Bertz CT molecular complexity index is 704. The summed E-state index contributed by atoms with van der Waals surface area (Å²) in [5, 5.41) is 0. The van der Waals surface area contributed by atoms with Gasteiger partial charge in [0.15, 0.2) is 0 Å². The number of carbonyl (C=O) groups excluding carboxylic acids is 2. The third kappa shape index (κ3) is 5.99. The van der Waals surface area contributed by atoms with Crippen molar-refractivity contribution in [2.24, 2.45) is 0 Å². The van der Waals surface area contributed by atoms with Gasteiger partial charge in [-0.1, -0.05) is 66.7 Å². The molecular formula is C22H25NO4. The summed E-state index contributed by atoms with van der Waals surface area (Å²) in [5.74, 6) is -0.319. The zero-order chi connectivity index (χ0) is 19.5. The van der Waals surface area contributed by atoms with Crippen LogP contribution in [-0.2, 0) is 14.3 Å². The number of ether oxygens (including phenoxy) is 2. The van der Waals surface area contributed by atoms with Gasteiger partial charge in [-0.05, 0) is 24.1 Å². The fraction of sp³-hybridized carbons (Fsp3) is 0.273. The van der Waals surface area contributed by atoms with E-state index in [4.69, 9.17) is 4.74 Å². The maximum atomic E-state index is 13.3. The predicted octanol–water partition coefficient (Wildman–Crippen LogP) is 4.01. The van der Waals surface area contributed by atoms with Crippen molar-refractivity contribution in [2.75, 3.05) is 26.8 Å². The summed E-state index contributed by atoms with van der Waals surface area (Å²) in [6, 6.07) is 19.6. The number of likely N-dealkylation sites (N-methyl/N-ethyl adjacent to an activating group) is 1. The number of methoxy groups -OCH3 is 1. The van der Waals surface area contributed by atoms with Crippen LogP contribution >= 0.6 is 0 Å². The largest absolute Gasteiger partial charge is 0.508 e. The molecule has 5 heteroatoms. The molecule has 0 aromatic heterocycles. The van der Waals surface area contributed by atoms with E-state index in [1.54, 1.807) is 11.0 Å². The number of nitrogens with zero attached hydrogens (tertiary/aromatic N) is 1. The van der Waals surface area contributed by atoms with Crippen molar-refractivity contribution < 1.29 is 19.1 Å². The lowest BCUT2D eigenvalue weighted by Crippen LogP contribution is -2.35. The highest BCUT2D eigenvalue weighted by atomic mass is 16.7. The van der Waals surface area contributed by atoms with Gasteiger partial charge in [-0.2, -0.15) is 0 Å². The van der Waals surface area contributed by atoms with Gasteiger partial charge in [0, 0.05) is 13.1 Å². The number of carbonyl (C=O) groups is 2. The monoisotopic (exact) mass is 367 g/mol. The van der Waals surface area contributed by atoms with Gasteiger partial charge in [-0.25, -0.2) is 4.79 Å². The zero-order valence-electron chi connectivity index (χ0n) is 15.7. The molecule has 0 fully saturated rings. The topological polar surface area (TPSA) is 55.8 Å². The lowest BCUT2D eigenvalue weighted by molar-refractivity contribution is -0.131. The Kier molecular flexibility index (Phi) is 8.10. The van der Waals surface area contributed by atoms with E-state index in [1.165, 1.54) is 7.11 Å². The summed E-state index contributed by atoms with van der Waals surface area (Å²) in [4.78, 5) is 26.0. The molecule has 0 unspecified atom stereocenters. The maximum Gasteiger partial charge on any atom is 0.508 e. The molecule has 5 nitrogen and oxygen atoms in total. The molecule has 0 atom stereocenters. The summed E-state index contributed by atoms with van der Waals surface area (Å²) in [6.45, 7) is 3.08. The summed E-state index contributed by atoms with van der Waals surface area (Å²) in [6.07, 6.45) is 2.79. The summed E-state index contributed by atoms with van der Waals surface area (Å²) in [7, 11) is 1.26. The zero-order valence-corrected chi connectivity index (χ0v) is 15.7. The van der Waals surface area contributed by atoms with Gasteiger partial charge >= 0.3 is 6.16 Å². The Morgan fingerprint density at radius 2 is 1.52 bits per heavy atom. The van der Waals surface area contributed by atoms with Crippen molar-refractivity contribution in [1.82, 2.24) is 4.90 Å². The molecule has 0 heterocycles. The van der Waals surface area contributed by atoms with E-state index >= 15 is 0 Å². The van der Waals surface area contributed by atoms with Crippen LogP contribution in [0.1, 0.15) is 24.0 Å². The van der Waals surface area contributed by atoms with E-state index in [0.717, 1.165) is 11.1 Å². The molecule has 2 aromatic carbocycles. The fourth-order valence-electron chi connectivity index (χ4n) is 2.77. The van der Waals surface area contributed by atoms with Crippen molar-refractivity contribution >= 4 is 12.1 Å². The highest BCUT2D eigenvalue weighted by molar-refractivity contribution is 5.87. The molecule has 2 aromatic rings. The van der Waals surface area contributed by atoms with Crippen molar-refractivity contribution in [1.29, 1.82) is 0 Å². The van der Waals surface area contributed by atoms with E-state index in [9.17, 15) is 9.59 Å². The van der Waals surface area contributed by atoms with E-state index < -0.39 is 6.16 Å². The van der Waals surface area contributed by atoms with Crippen molar-refractivity contribution in [2.45, 2.75) is 12.8 Å². The lowest BCUT2D eigenvalue weighted by Gasteiger charge is -2.26. The second-order valence-corrected chi connectivity index (χ2v) is 5.87. The molecule has 0 saturated carbocycles. The SMILES string of the molecule is CCN(CC=CCOC(=O)OC)C(=O)C(c1ccccc1)c1ccccc1. The molecule has 27 heavy (non-hydrogen) atoms. The fourth-order valence-corrected chi connectivity index (χ4v) is 2.77. The molecule has 2 rings (SSSR count). The standard InChI is InChI=1S/C22H25NO4/c1-3-23(16-10-11-17-27-22(25)26-2)21(24)20(18-12-6-4-7-13-18)19-14-8-5-9-15-19/h4-15,20H,3,16-17H2,1-2H3. The first-order valence-corrected chi connectivity index (χ1v) is 8.91. The first-order chi connectivity index (χ1) is 13.2. The molecule has 142 valence electrons. The second kappa shape index (κ2) is 10.8. The van der Waals surface area contributed by atoms with E-state index in [1.807, 2.05) is 73.7 Å². The number of amides is 1. The summed E-state index contributed by atoms with van der Waals surface area (Å²) >= 11 is 0. The quantitative estimate of drug-likeness (QED) is 0.523. The summed E-state index contributed by atoms with van der Waals surface area (Å²) < 4.78 is 9.21. The number of benzene rings is 2. The molecule has 0 radical (unpaired) electrons. The smallest absolute Gasteiger partial charge is 0.438 e. The number of hydrogen-bond donors (Lipinski definition) is 0. The van der Waals surface area contributed by atoms with Crippen molar-refractivity contribution in [3.05, 3.63) is 83.9 Å². The first-order valence-electron chi connectivity index (χ1n) is 8.91. The van der Waals surface area contributed by atoms with E-state index in [0.29, 0.717) is 13.1 Å². The Morgan fingerprint density at radius 1 is 0.963 bits per heavy atom. The van der Waals surface area contributed by atoms with Gasteiger partial charge in [0.2, 0.25) is 5.91 Å². The van der Waals surface area contributed by atoms with Crippen LogP contribution in [0.25, 0.3) is 0 Å². The number of hydrogen-bond acceptors (Lipinski definition) is 4. The Labute approximate surface area is 160 Å². The van der Waals surface area contributed by atoms with Crippen LogP contribution in [0, 0.1) is 0 Å². The third-order valence-electron chi connectivity index (χ3n) is 4.16. The molecule has 0 saturated heterocycles. The first kappa shape index (κ1) is 20.2. The molecule has 0 spiro atoms. The average molecular weight is 367 g/mol. The van der Waals surface area contributed by atoms with Gasteiger partial charge in [-0.3, -0.25) is 4.79 Å². The number of rotatable bonds is 8. The van der Waals surface area contributed by atoms with Crippen LogP contribution in [-0.4, -0.2) is 43.8 Å². The van der Waals surface area contributed by atoms with Crippen LogP contribution < -0.4 is 0 Å². The molecule has 0 aliphatic heterocycles. The Balaban J connectivity index is 2.13. The molecule has 1 amide bonds. The van der Waals surface area contributed by atoms with Crippen LogP contribution in [0.3, 0.4) is 0 Å². The minimum Gasteiger partial charge on any atom is -0.438 e. The molecular weight excluding hydrogens is 342 g/mol. The maximum absolute atomic E-state index is 13.3. The van der Waals surface area contributed by atoms with Crippen molar-refractivity contribution in [3.63, 3.8) is 0 Å². The van der Waals surface area contributed by atoms with Crippen LogP contribution in [0.15, 0.2) is 72.8 Å². The normalized spacial score (nSPS) is 10.8. The summed E-state index contributed by atoms with van der Waals surface area (Å²) in [5.41, 5.74) is 1.93. The molecule has 0 bridgehead atoms. The van der Waals surface area contributed by atoms with Gasteiger partial charge in [0.05, 0.1) is 13.0 Å². The average Bonchev–Trinajstić information content (AvgIpc) is 2.72. The predicted molar refractivity (Wildman–Crippen MR) is 104 cm³/mol. The lowest BCUT2D eigenvalue weighted by atomic mass is 9.90. The third-order valence-corrected chi connectivity index (χ3v) is 4.16. The van der Waals surface area contributed by atoms with Crippen LogP contribution in [0.2, 0.25) is 0 Å². The van der Waals surface area contributed by atoms with E-state index in [-0.39, 0.29) is 18.4 Å². The Hall–Kier alpha value is -3.08. The van der Waals surface area contributed by atoms with Crippen LogP contribution in [0.4, 0.5) is 4.79 Å². The molecule has 0 aliphatic carbocycles. The van der Waals surface area contributed by atoms with Gasteiger partial charge < -0.3 is 14.4 Å².